The lowest BCUT2D eigenvalue weighted by Crippen LogP contribution is -2.00. The minimum absolute atomic E-state index is 0.129. The van der Waals surface area contributed by atoms with Gasteiger partial charge in [0.1, 0.15) is 6.61 Å². The standard InChI is InChI=1S/C11H12O2/c1-2-6-11(12)13-9-10-7-4-3-5-8-10/h2-8H,9H2,1H3/i1+1D2,2+1D,6+1,11+1. The van der Waals surface area contributed by atoms with Crippen LogP contribution in [0.3, 0.4) is 0 Å². The van der Waals surface area contributed by atoms with Gasteiger partial charge in [0.25, 0.3) is 0 Å². The smallest absolute Gasteiger partial charge is 0.330 e. The van der Waals surface area contributed by atoms with Gasteiger partial charge in [-0.2, -0.15) is 0 Å². The Morgan fingerprint density at radius 3 is 3.08 bits per heavy atom. The van der Waals surface area contributed by atoms with Crippen LogP contribution in [-0.2, 0) is 16.1 Å². The van der Waals surface area contributed by atoms with Crippen molar-refractivity contribution in [3.8, 4) is 0 Å². The van der Waals surface area contributed by atoms with Gasteiger partial charge in [-0.25, -0.2) is 4.79 Å². The third-order valence-electron chi connectivity index (χ3n) is 1.43. The van der Waals surface area contributed by atoms with Gasteiger partial charge >= 0.3 is 5.97 Å². The summed E-state index contributed by atoms with van der Waals surface area (Å²) in [5.74, 6) is -0.696. The highest BCUT2D eigenvalue weighted by molar-refractivity contribution is 5.81. The maximum absolute atomic E-state index is 11.1. The number of carbonyl (C=O) groups excluding carboxylic acids is 1. The van der Waals surface area contributed by atoms with Crippen molar-refractivity contribution in [2.45, 2.75) is 13.5 Å². The van der Waals surface area contributed by atoms with Crippen molar-refractivity contribution in [1.29, 1.82) is 0 Å². The summed E-state index contributed by atoms with van der Waals surface area (Å²) in [6.45, 7) is -1.33. The Morgan fingerprint density at radius 1 is 1.62 bits per heavy atom. The summed E-state index contributed by atoms with van der Waals surface area (Å²) in [6.07, 6.45) is 0.855. The number of ether oxygens (including phenoxy) is 1. The zero-order chi connectivity index (χ0) is 12.0. The summed E-state index contributed by atoms with van der Waals surface area (Å²) in [5.41, 5.74) is 0.851. The fourth-order valence-electron chi connectivity index (χ4n) is 0.838. The Labute approximate surface area is 82.1 Å². The number of hydrogen-bond acceptors (Lipinski definition) is 2. The minimum Gasteiger partial charge on any atom is -0.458 e. The molecule has 2 nitrogen and oxygen atoms in total. The topological polar surface area (TPSA) is 26.3 Å². The van der Waals surface area contributed by atoms with Crippen LogP contribution < -0.4 is 0 Å². The molecule has 1 rings (SSSR count). The lowest BCUT2D eigenvalue weighted by Gasteiger charge is -2.00. The number of rotatable bonds is 3. The van der Waals surface area contributed by atoms with Gasteiger partial charge in [-0.05, 0) is 12.4 Å². The van der Waals surface area contributed by atoms with Crippen LogP contribution in [0.2, 0.25) is 0 Å². The van der Waals surface area contributed by atoms with E-state index in [0.717, 1.165) is 11.6 Å². The molecule has 13 heavy (non-hydrogen) atoms. The van der Waals surface area contributed by atoms with Gasteiger partial charge in [-0.3, -0.25) is 0 Å². The van der Waals surface area contributed by atoms with Crippen LogP contribution in [0.5, 0.6) is 0 Å². The Hall–Kier alpha value is -1.57. The van der Waals surface area contributed by atoms with E-state index >= 15 is 0 Å². The highest BCUT2D eigenvalue weighted by Crippen LogP contribution is 2.00. The summed E-state index contributed by atoms with van der Waals surface area (Å²) in [4.78, 5) is 11.1. The number of hydrogen-bond donors (Lipinski definition) is 0. The third-order valence-corrected chi connectivity index (χ3v) is 1.43. The van der Waals surface area contributed by atoms with Gasteiger partial charge in [0.2, 0.25) is 0 Å². The molecule has 0 spiro atoms. The first-order valence-electron chi connectivity index (χ1n) is 5.48. The first-order chi connectivity index (χ1) is 7.59. The Balaban J connectivity index is 2.45. The van der Waals surface area contributed by atoms with Gasteiger partial charge in [0.05, 0.1) is 1.37 Å². The lowest BCUT2D eigenvalue weighted by molar-refractivity contribution is -0.139. The molecule has 0 bridgehead atoms. The van der Waals surface area contributed by atoms with Crippen LogP contribution in [0.4, 0.5) is 0 Å². The SMILES string of the molecule is [2H][13C](=[13CH][13C](=O)OCc1ccccc1)[13CH]([2H])[2H]. The van der Waals surface area contributed by atoms with Crippen LogP contribution in [0.25, 0.3) is 0 Å². The molecule has 0 saturated heterocycles. The summed E-state index contributed by atoms with van der Waals surface area (Å²) in [5, 5.41) is 0. The van der Waals surface area contributed by atoms with Crippen molar-refractivity contribution >= 4 is 5.97 Å². The van der Waals surface area contributed by atoms with Gasteiger partial charge in [0, 0.05) is 8.82 Å². The van der Waals surface area contributed by atoms with Crippen LogP contribution in [0.15, 0.2) is 42.5 Å². The summed E-state index contributed by atoms with van der Waals surface area (Å²) in [7, 11) is 0. The second kappa shape index (κ2) is 5.14. The van der Waals surface area contributed by atoms with E-state index in [0.29, 0.717) is 0 Å². The first-order valence-corrected chi connectivity index (χ1v) is 3.83. The summed E-state index contributed by atoms with van der Waals surface area (Å²) in [6, 6.07) is 8.78. The van der Waals surface area contributed by atoms with Gasteiger partial charge in [-0.15, -0.1) is 0 Å². The highest BCUT2D eigenvalue weighted by Gasteiger charge is 1.96. The van der Waals surface area contributed by atoms with E-state index in [4.69, 9.17) is 8.85 Å². The Bertz CT molecular complexity index is 374. The molecule has 2 heteroatoms. The molecule has 0 fully saturated rings. The van der Waals surface area contributed by atoms with Gasteiger partial charge in [0.15, 0.2) is 0 Å². The molecule has 68 valence electrons. The van der Waals surface area contributed by atoms with Crippen molar-refractivity contribution in [3.63, 3.8) is 0 Å². The molecule has 0 aliphatic rings. The average molecular weight is 183 g/mol. The lowest BCUT2D eigenvalue weighted by atomic mass is 10.2. The van der Waals surface area contributed by atoms with Crippen LogP contribution in [0, 0.1) is 0 Å². The number of carbonyl (C=O) groups is 1. The molecule has 0 heterocycles. The molecular formula is C11H12O2. The predicted molar refractivity (Wildman–Crippen MR) is 51.1 cm³/mol. The van der Waals surface area contributed by atoms with E-state index in [1.165, 1.54) is 0 Å². The maximum Gasteiger partial charge on any atom is 0.330 e. The fourth-order valence-corrected chi connectivity index (χ4v) is 0.838. The molecule has 0 N–H and O–H groups in total. The average Bonchev–Trinajstić information content (AvgIpc) is 2.27. The van der Waals surface area contributed by atoms with Crippen molar-refractivity contribution in [2.24, 2.45) is 0 Å². The summed E-state index contributed by atoms with van der Waals surface area (Å²) >= 11 is 0. The molecule has 0 unspecified atom stereocenters. The Kier molecular flexibility index (Phi) is 2.36. The molecule has 0 aromatic heterocycles. The second-order valence-electron chi connectivity index (χ2n) is 2.40. The quantitative estimate of drug-likeness (QED) is 0.408. The minimum atomic E-state index is -1.45. The zero-order valence-corrected chi connectivity index (χ0v) is 7.07. The molecule has 0 amide bonds. The maximum atomic E-state index is 11.1. The van der Waals surface area contributed by atoms with Crippen molar-refractivity contribution in [3.05, 3.63) is 48.0 Å². The monoisotopic (exact) mass is 183 g/mol. The van der Waals surface area contributed by atoms with E-state index in [-0.39, 0.29) is 12.7 Å². The van der Waals surface area contributed by atoms with Gasteiger partial charge < -0.3 is 4.74 Å². The molecule has 1 aromatic carbocycles. The van der Waals surface area contributed by atoms with Crippen LogP contribution in [0.1, 0.15) is 16.6 Å². The van der Waals surface area contributed by atoms with E-state index in [1.54, 1.807) is 0 Å². The van der Waals surface area contributed by atoms with E-state index in [9.17, 15) is 4.79 Å². The Morgan fingerprint density at radius 2 is 2.38 bits per heavy atom. The van der Waals surface area contributed by atoms with Gasteiger partial charge in [-0.1, -0.05) is 36.4 Å². The normalized spacial score (nSPS) is 14.5. The molecule has 0 aliphatic carbocycles. The second-order valence-corrected chi connectivity index (χ2v) is 2.40. The van der Waals surface area contributed by atoms with Crippen LogP contribution >= 0.6 is 0 Å². The fraction of sp³-hybridized carbons (Fsp3) is 0.182. The number of allylic oxidation sites excluding steroid dienone is 1. The molecule has 1 aromatic rings. The molecule has 0 atom stereocenters. The number of esters is 1. The van der Waals surface area contributed by atoms with E-state index in [1.807, 2.05) is 30.3 Å². The molecule has 0 saturated carbocycles. The van der Waals surface area contributed by atoms with E-state index in [2.05, 4.69) is 0 Å². The highest BCUT2D eigenvalue weighted by atomic mass is 16.6. The predicted octanol–water partition coefficient (Wildman–Crippen LogP) is 2.31. The summed E-state index contributed by atoms with van der Waals surface area (Å²) < 4.78 is 25.7. The van der Waals surface area contributed by atoms with Crippen LogP contribution in [-0.4, -0.2) is 5.97 Å². The molecule has 0 radical (unpaired) electrons. The molecular weight excluding hydrogens is 168 g/mol. The van der Waals surface area contributed by atoms with Crippen molar-refractivity contribution in [1.82, 2.24) is 0 Å². The van der Waals surface area contributed by atoms with E-state index < -0.39 is 12.8 Å². The zero-order valence-electron chi connectivity index (χ0n) is 10.1. The largest absolute Gasteiger partial charge is 0.458 e. The third kappa shape index (κ3) is 3.56. The molecule has 0 aliphatic heterocycles. The van der Waals surface area contributed by atoms with Crippen molar-refractivity contribution < 1.29 is 13.6 Å². The first kappa shape index (κ1) is 5.97. The van der Waals surface area contributed by atoms with Crippen molar-refractivity contribution in [2.75, 3.05) is 0 Å². The number of benzene rings is 1.